The monoisotopic (exact) mass is 380 g/mol. The number of hydrogen-bond donors (Lipinski definition) is 2. The number of nitrogens with one attached hydrogen (secondary N) is 1. The van der Waals surface area contributed by atoms with Crippen molar-refractivity contribution in [3.05, 3.63) is 108 Å². The van der Waals surface area contributed by atoms with E-state index >= 15 is 0 Å². The molecule has 4 nitrogen and oxygen atoms in total. The highest BCUT2D eigenvalue weighted by Crippen LogP contribution is 2.26. The van der Waals surface area contributed by atoms with Gasteiger partial charge in [-0.1, -0.05) is 66.7 Å². The summed E-state index contributed by atoms with van der Waals surface area (Å²) in [5.41, 5.74) is 2.88. The minimum Gasteiger partial charge on any atom is -0.507 e. The summed E-state index contributed by atoms with van der Waals surface area (Å²) in [7, 11) is 0. The molecule has 29 heavy (non-hydrogen) atoms. The molecular formula is C25H20N2O2. The molecule has 4 heteroatoms. The molecule has 0 aliphatic heterocycles. The Morgan fingerprint density at radius 3 is 2.55 bits per heavy atom. The number of fused-ring (bicyclic) bond motifs is 1. The van der Waals surface area contributed by atoms with Gasteiger partial charge in [0.25, 0.3) is 5.91 Å². The van der Waals surface area contributed by atoms with E-state index in [0.29, 0.717) is 23.4 Å². The zero-order chi connectivity index (χ0) is 20.1. The molecule has 0 radical (unpaired) electrons. The number of carbonyl (C=O) groups is 1. The third kappa shape index (κ3) is 4.33. The van der Waals surface area contributed by atoms with Crippen LogP contribution in [0.3, 0.4) is 0 Å². The molecule has 0 atom stereocenters. The van der Waals surface area contributed by atoms with E-state index in [9.17, 15) is 9.90 Å². The minimum atomic E-state index is -0.154. The van der Waals surface area contributed by atoms with Crippen LogP contribution in [-0.4, -0.2) is 17.2 Å². The second kappa shape index (κ2) is 8.40. The van der Waals surface area contributed by atoms with E-state index in [1.165, 1.54) is 0 Å². The van der Waals surface area contributed by atoms with Crippen molar-refractivity contribution in [1.29, 1.82) is 0 Å². The van der Waals surface area contributed by atoms with Gasteiger partial charge in [-0.3, -0.25) is 9.79 Å². The predicted molar refractivity (Wildman–Crippen MR) is 117 cm³/mol. The highest BCUT2D eigenvalue weighted by atomic mass is 16.3. The van der Waals surface area contributed by atoms with E-state index in [2.05, 4.69) is 10.3 Å². The summed E-state index contributed by atoms with van der Waals surface area (Å²) in [5.74, 6) is 0.0168. The molecule has 0 spiro atoms. The van der Waals surface area contributed by atoms with Crippen molar-refractivity contribution in [3.63, 3.8) is 0 Å². The first-order valence-corrected chi connectivity index (χ1v) is 9.38. The first kappa shape index (κ1) is 18.4. The van der Waals surface area contributed by atoms with Crippen LogP contribution in [0, 0.1) is 0 Å². The Labute approximate surface area is 169 Å². The fourth-order valence-electron chi connectivity index (χ4n) is 3.17. The van der Waals surface area contributed by atoms with E-state index in [-0.39, 0.29) is 11.7 Å². The smallest absolute Gasteiger partial charge is 0.251 e. The second-order valence-corrected chi connectivity index (χ2v) is 6.70. The molecule has 4 aromatic carbocycles. The van der Waals surface area contributed by atoms with Crippen LogP contribution in [0.2, 0.25) is 0 Å². The molecule has 0 aliphatic carbocycles. The summed E-state index contributed by atoms with van der Waals surface area (Å²) in [6.07, 6.45) is 1.64. The lowest BCUT2D eigenvalue weighted by molar-refractivity contribution is 0.0951. The van der Waals surface area contributed by atoms with Gasteiger partial charge >= 0.3 is 0 Å². The van der Waals surface area contributed by atoms with Crippen molar-refractivity contribution < 1.29 is 9.90 Å². The van der Waals surface area contributed by atoms with Gasteiger partial charge in [0.05, 0.1) is 5.69 Å². The molecule has 2 N–H and O–H groups in total. The standard InChI is InChI=1S/C25H20N2O2/c28-24-14-13-19-9-4-5-12-22(19)23(24)17-26-21-11-6-10-20(15-21)25(29)27-16-18-7-2-1-3-8-18/h1-15,17,28H,16H2,(H,27,29). The Morgan fingerprint density at radius 2 is 1.69 bits per heavy atom. The van der Waals surface area contributed by atoms with Crippen molar-refractivity contribution in [2.24, 2.45) is 4.99 Å². The SMILES string of the molecule is O=C(NCc1ccccc1)c1cccc(N=Cc2c(O)ccc3ccccc23)c1. The number of benzene rings is 4. The number of phenols is 1. The van der Waals surface area contributed by atoms with E-state index < -0.39 is 0 Å². The summed E-state index contributed by atoms with van der Waals surface area (Å²) in [6.45, 7) is 0.469. The fraction of sp³-hybridized carbons (Fsp3) is 0.0400. The number of amides is 1. The van der Waals surface area contributed by atoms with E-state index in [1.807, 2.05) is 66.7 Å². The van der Waals surface area contributed by atoms with Gasteiger partial charge in [0.2, 0.25) is 0 Å². The third-order valence-electron chi connectivity index (χ3n) is 4.69. The number of hydrogen-bond acceptors (Lipinski definition) is 3. The van der Waals surface area contributed by atoms with E-state index in [1.54, 1.807) is 30.5 Å². The van der Waals surface area contributed by atoms with Crippen molar-refractivity contribution in [2.75, 3.05) is 0 Å². The average molecular weight is 380 g/mol. The molecule has 0 heterocycles. The van der Waals surface area contributed by atoms with Gasteiger partial charge in [-0.15, -0.1) is 0 Å². The lowest BCUT2D eigenvalue weighted by atomic mass is 10.0. The maximum Gasteiger partial charge on any atom is 0.251 e. The van der Waals surface area contributed by atoms with Crippen molar-refractivity contribution in [3.8, 4) is 5.75 Å². The normalized spacial score (nSPS) is 11.0. The number of nitrogens with zero attached hydrogens (tertiary/aromatic N) is 1. The van der Waals surface area contributed by atoms with E-state index in [4.69, 9.17) is 0 Å². The van der Waals surface area contributed by atoms with Crippen LogP contribution in [0.4, 0.5) is 5.69 Å². The van der Waals surface area contributed by atoms with E-state index in [0.717, 1.165) is 16.3 Å². The lowest BCUT2D eigenvalue weighted by Crippen LogP contribution is -2.22. The maximum absolute atomic E-state index is 12.5. The Balaban J connectivity index is 1.54. The number of aromatic hydroxyl groups is 1. The van der Waals surface area contributed by atoms with Gasteiger partial charge in [-0.2, -0.15) is 0 Å². The molecule has 1 amide bonds. The second-order valence-electron chi connectivity index (χ2n) is 6.70. The minimum absolute atomic E-state index is 0.154. The number of carbonyl (C=O) groups excluding carboxylic acids is 1. The molecule has 142 valence electrons. The zero-order valence-corrected chi connectivity index (χ0v) is 15.7. The topological polar surface area (TPSA) is 61.7 Å². The summed E-state index contributed by atoms with van der Waals surface area (Å²) < 4.78 is 0. The molecule has 0 fully saturated rings. The zero-order valence-electron chi connectivity index (χ0n) is 15.7. The number of aliphatic imine (C=N–C) groups is 1. The number of rotatable bonds is 5. The molecular weight excluding hydrogens is 360 g/mol. The molecule has 0 aromatic heterocycles. The van der Waals surface area contributed by atoms with Crippen LogP contribution in [0.25, 0.3) is 10.8 Å². The van der Waals surface area contributed by atoms with Gasteiger partial charge in [0, 0.05) is 23.9 Å². The highest BCUT2D eigenvalue weighted by Gasteiger charge is 2.07. The molecule has 0 aliphatic rings. The largest absolute Gasteiger partial charge is 0.507 e. The Morgan fingerprint density at radius 1 is 0.897 bits per heavy atom. The molecule has 4 aromatic rings. The van der Waals surface area contributed by atoms with Crippen molar-refractivity contribution in [2.45, 2.75) is 6.54 Å². The fourth-order valence-corrected chi connectivity index (χ4v) is 3.17. The Bertz CT molecular complexity index is 1180. The highest BCUT2D eigenvalue weighted by molar-refractivity contribution is 6.03. The van der Waals surface area contributed by atoms with Crippen LogP contribution in [0.1, 0.15) is 21.5 Å². The Kier molecular flexibility index (Phi) is 5.34. The predicted octanol–water partition coefficient (Wildman–Crippen LogP) is 5.23. The van der Waals surface area contributed by atoms with Crippen LogP contribution in [-0.2, 0) is 6.54 Å². The van der Waals surface area contributed by atoms with Crippen molar-refractivity contribution >= 4 is 28.6 Å². The lowest BCUT2D eigenvalue weighted by Gasteiger charge is -2.06. The first-order valence-electron chi connectivity index (χ1n) is 9.38. The quantitative estimate of drug-likeness (QED) is 0.466. The molecule has 0 saturated heterocycles. The first-order chi connectivity index (χ1) is 14.2. The third-order valence-corrected chi connectivity index (χ3v) is 4.69. The molecule has 0 unspecified atom stereocenters. The van der Waals surface area contributed by atoms with Crippen LogP contribution in [0.15, 0.2) is 96.0 Å². The summed E-state index contributed by atoms with van der Waals surface area (Å²) in [4.78, 5) is 17.0. The van der Waals surface area contributed by atoms with Crippen LogP contribution < -0.4 is 5.32 Å². The number of phenolic OH excluding ortho intramolecular Hbond substituents is 1. The average Bonchev–Trinajstić information content (AvgIpc) is 2.77. The molecule has 0 bridgehead atoms. The summed E-state index contributed by atoms with van der Waals surface area (Å²) in [5, 5.41) is 15.1. The summed E-state index contributed by atoms with van der Waals surface area (Å²) in [6, 6.07) is 28.3. The molecule has 0 saturated carbocycles. The maximum atomic E-state index is 12.5. The van der Waals surface area contributed by atoms with Gasteiger partial charge in [-0.05, 0) is 40.6 Å². The van der Waals surface area contributed by atoms with Gasteiger partial charge in [-0.25, -0.2) is 0 Å². The van der Waals surface area contributed by atoms with Gasteiger partial charge in [0.15, 0.2) is 0 Å². The van der Waals surface area contributed by atoms with Crippen LogP contribution >= 0.6 is 0 Å². The van der Waals surface area contributed by atoms with Crippen LogP contribution in [0.5, 0.6) is 5.75 Å². The van der Waals surface area contributed by atoms with Gasteiger partial charge < -0.3 is 10.4 Å². The summed E-state index contributed by atoms with van der Waals surface area (Å²) >= 11 is 0. The molecule has 4 rings (SSSR count). The Hall–Kier alpha value is -3.92. The van der Waals surface area contributed by atoms with Crippen molar-refractivity contribution in [1.82, 2.24) is 5.32 Å². The van der Waals surface area contributed by atoms with Gasteiger partial charge in [0.1, 0.15) is 5.75 Å².